The summed E-state index contributed by atoms with van der Waals surface area (Å²) >= 11 is 0. The third-order valence-corrected chi connectivity index (χ3v) is 3.56. The summed E-state index contributed by atoms with van der Waals surface area (Å²) in [6, 6.07) is 14.2. The number of nitrogens with zero attached hydrogens (tertiary/aromatic N) is 1. The van der Waals surface area contributed by atoms with E-state index >= 15 is 0 Å². The van der Waals surface area contributed by atoms with Gasteiger partial charge in [-0.3, -0.25) is 4.98 Å². The third kappa shape index (κ3) is 2.45. The van der Waals surface area contributed by atoms with Gasteiger partial charge in [0.05, 0.1) is 5.52 Å². The first-order valence-corrected chi connectivity index (χ1v) is 6.80. The molecule has 1 atom stereocenters. The number of furan rings is 1. The number of fused-ring (bicyclic) bond motifs is 1. The Morgan fingerprint density at radius 2 is 1.95 bits per heavy atom. The molecule has 1 unspecified atom stereocenters. The smallest absolute Gasteiger partial charge is 0.105 e. The fourth-order valence-electron chi connectivity index (χ4n) is 2.58. The number of hydrogen-bond donors (Lipinski definition) is 1. The van der Waals surface area contributed by atoms with Gasteiger partial charge in [0.1, 0.15) is 11.5 Å². The number of para-hydroxylation sites is 1. The number of aromatic nitrogens is 1. The van der Waals surface area contributed by atoms with E-state index in [1.54, 1.807) is 0 Å². The van der Waals surface area contributed by atoms with Crippen molar-refractivity contribution in [1.29, 1.82) is 0 Å². The van der Waals surface area contributed by atoms with Crippen molar-refractivity contribution >= 4 is 10.9 Å². The molecule has 102 valence electrons. The van der Waals surface area contributed by atoms with Gasteiger partial charge in [-0.05, 0) is 32.0 Å². The molecule has 2 N–H and O–H groups in total. The normalized spacial score (nSPS) is 12.8. The minimum atomic E-state index is -0.0823. The van der Waals surface area contributed by atoms with Gasteiger partial charge in [0, 0.05) is 29.1 Å². The van der Waals surface area contributed by atoms with Crippen LogP contribution in [0.15, 0.2) is 46.9 Å². The summed E-state index contributed by atoms with van der Waals surface area (Å²) in [4.78, 5) is 4.67. The molecule has 20 heavy (non-hydrogen) atoms. The van der Waals surface area contributed by atoms with Gasteiger partial charge in [0.25, 0.3) is 0 Å². The molecular formula is C17H18N2O. The van der Waals surface area contributed by atoms with E-state index in [9.17, 15) is 0 Å². The van der Waals surface area contributed by atoms with Gasteiger partial charge in [-0.1, -0.05) is 24.3 Å². The van der Waals surface area contributed by atoms with Crippen LogP contribution in [0.2, 0.25) is 0 Å². The van der Waals surface area contributed by atoms with E-state index in [0.29, 0.717) is 6.42 Å². The van der Waals surface area contributed by atoms with Crippen LogP contribution >= 0.6 is 0 Å². The molecule has 3 aromatic rings. The zero-order valence-corrected chi connectivity index (χ0v) is 11.8. The summed E-state index contributed by atoms with van der Waals surface area (Å²) in [7, 11) is 0. The molecule has 0 spiro atoms. The van der Waals surface area contributed by atoms with E-state index in [4.69, 9.17) is 10.2 Å². The first kappa shape index (κ1) is 12.9. The van der Waals surface area contributed by atoms with Crippen LogP contribution in [0, 0.1) is 13.8 Å². The van der Waals surface area contributed by atoms with Crippen molar-refractivity contribution in [3.05, 3.63) is 65.2 Å². The lowest BCUT2D eigenvalue weighted by molar-refractivity contribution is 0.497. The second-order valence-corrected chi connectivity index (χ2v) is 5.17. The highest BCUT2D eigenvalue weighted by Crippen LogP contribution is 2.23. The lowest BCUT2D eigenvalue weighted by atomic mass is 10.0. The van der Waals surface area contributed by atoms with E-state index in [1.165, 1.54) is 0 Å². The third-order valence-electron chi connectivity index (χ3n) is 3.56. The maximum atomic E-state index is 6.29. The Bertz CT molecular complexity index is 746. The van der Waals surface area contributed by atoms with E-state index in [-0.39, 0.29) is 6.04 Å². The van der Waals surface area contributed by atoms with Crippen molar-refractivity contribution in [3.63, 3.8) is 0 Å². The van der Waals surface area contributed by atoms with Gasteiger partial charge in [0.2, 0.25) is 0 Å². The zero-order chi connectivity index (χ0) is 14.1. The van der Waals surface area contributed by atoms with E-state index < -0.39 is 0 Å². The standard InChI is InChI=1S/C17H18N2O/c1-11-9-15(12(2)20-11)16(18)10-14-8-7-13-5-3-4-6-17(13)19-14/h3-9,16H,10,18H2,1-2H3. The lowest BCUT2D eigenvalue weighted by Crippen LogP contribution is -2.14. The highest BCUT2D eigenvalue weighted by atomic mass is 16.3. The molecule has 1 aromatic carbocycles. The maximum Gasteiger partial charge on any atom is 0.105 e. The zero-order valence-electron chi connectivity index (χ0n) is 11.8. The first-order chi connectivity index (χ1) is 9.63. The monoisotopic (exact) mass is 266 g/mol. The Morgan fingerprint density at radius 1 is 1.15 bits per heavy atom. The van der Waals surface area contributed by atoms with Crippen LogP contribution in [0.4, 0.5) is 0 Å². The minimum Gasteiger partial charge on any atom is -0.466 e. The summed E-state index contributed by atoms with van der Waals surface area (Å²) in [5.41, 5.74) is 9.37. The fraction of sp³-hybridized carbons (Fsp3) is 0.235. The summed E-state index contributed by atoms with van der Waals surface area (Å²) in [6.45, 7) is 3.90. The molecule has 0 fully saturated rings. The van der Waals surface area contributed by atoms with Gasteiger partial charge in [-0.25, -0.2) is 0 Å². The summed E-state index contributed by atoms with van der Waals surface area (Å²) in [5.74, 6) is 1.80. The number of pyridine rings is 1. The van der Waals surface area contributed by atoms with Gasteiger partial charge in [-0.15, -0.1) is 0 Å². The molecule has 3 nitrogen and oxygen atoms in total. The lowest BCUT2D eigenvalue weighted by Gasteiger charge is -2.10. The highest BCUT2D eigenvalue weighted by molar-refractivity contribution is 5.78. The number of rotatable bonds is 3. The fourth-order valence-corrected chi connectivity index (χ4v) is 2.58. The van der Waals surface area contributed by atoms with Crippen molar-refractivity contribution in [2.45, 2.75) is 26.3 Å². The van der Waals surface area contributed by atoms with E-state index in [0.717, 1.165) is 33.7 Å². The predicted molar refractivity (Wildman–Crippen MR) is 80.6 cm³/mol. The molecule has 0 bridgehead atoms. The maximum absolute atomic E-state index is 6.29. The molecular weight excluding hydrogens is 248 g/mol. The van der Waals surface area contributed by atoms with Gasteiger partial charge < -0.3 is 10.2 Å². The Labute approximate surface area is 118 Å². The minimum absolute atomic E-state index is 0.0823. The molecule has 0 aliphatic rings. The van der Waals surface area contributed by atoms with Crippen LogP contribution in [0.1, 0.15) is 28.8 Å². The molecule has 0 radical (unpaired) electrons. The average Bonchev–Trinajstić information content (AvgIpc) is 2.78. The van der Waals surface area contributed by atoms with E-state index in [2.05, 4.69) is 17.1 Å². The van der Waals surface area contributed by atoms with Crippen molar-refractivity contribution in [2.24, 2.45) is 5.73 Å². The Balaban J connectivity index is 1.87. The number of nitrogens with two attached hydrogens (primary N) is 1. The Morgan fingerprint density at radius 3 is 2.70 bits per heavy atom. The van der Waals surface area contributed by atoms with E-state index in [1.807, 2.05) is 44.2 Å². The molecule has 0 amide bonds. The number of hydrogen-bond acceptors (Lipinski definition) is 3. The molecule has 0 aliphatic carbocycles. The quantitative estimate of drug-likeness (QED) is 0.786. The molecule has 0 aliphatic heterocycles. The summed E-state index contributed by atoms with van der Waals surface area (Å²) in [5, 5.41) is 1.15. The molecule has 0 saturated heterocycles. The Kier molecular flexibility index (Phi) is 3.28. The number of benzene rings is 1. The van der Waals surface area contributed by atoms with Crippen LogP contribution in [-0.2, 0) is 6.42 Å². The topological polar surface area (TPSA) is 52.0 Å². The Hall–Kier alpha value is -2.13. The average molecular weight is 266 g/mol. The van der Waals surface area contributed by atoms with Crippen molar-refractivity contribution in [1.82, 2.24) is 4.98 Å². The van der Waals surface area contributed by atoms with Gasteiger partial charge in [0.15, 0.2) is 0 Å². The van der Waals surface area contributed by atoms with Crippen LogP contribution < -0.4 is 5.73 Å². The number of aryl methyl sites for hydroxylation is 2. The SMILES string of the molecule is Cc1cc(C(N)Cc2ccc3ccccc3n2)c(C)o1. The van der Waals surface area contributed by atoms with Crippen LogP contribution in [-0.4, -0.2) is 4.98 Å². The second kappa shape index (κ2) is 5.10. The molecule has 2 heterocycles. The molecule has 3 rings (SSSR count). The predicted octanol–water partition coefficient (Wildman–Crippen LogP) is 3.69. The summed E-state index contributed by atoms with van der Waals surface area (Å²) < 4.78 is 5.54. The van der Waals surface area contributed by atoms with Crippen LogP contribution in [0.5, 0.6) is 0 Å². The van der Waals surface area contributed by atoms with Crippen molar-refractivity contribution in [3.8, 4) is 0 Å². The summed E-state index contributed by atoms with van der Waals surface area (Å²) in [6.07, 6.45) is 0.713. The first-order valence-electron chi connectivity index (χ1n) is 6.80. The second-order valence-electron chi connectivity index (χ2n) is 5.17. The molecule has 2 aromatic heterocycles. The molecule has 0 saturated carbocycles. The van der Waals surface area contributed by atoms with Crippen molar-refractivity contribution in [2.75, 3.05) is 0 Å². The highest BCUT2D eigenvalue weighted by Gasteiger charge is 2.14. The van der Waals surface area contributed by atoms with Crippen LogP contribution in [0.25, 0.3) is 10.9 Å². The largest absolute Gasteiger partial charge is 0.466 e. The molecule has 3 heteroatoms. The van der Waals surface area contributed by atoms with Gasteiger partial charge in [-0.2, -0.15) is 0 Å². The van der Waals surface area contributed by atoms with Crippen LogP contribution in [0.3, 0.4) is 0 Å². The van der Waals surface area contributed by atoms with Crippen molar-refractivity contribution < 1.29 is 4.42 Å². The van der Waals surface area contributed by atoms with Gasteiger partial charge >= 0.3 is 0 Å².